The number of thiol groups is 1. The number of nitrogens with zero attached hydrogens (tertiary/aromatic N) is 2. The van der Waals surface area contributed by atoms with Crippen LogP contribution in [0, 0.1) is 12.8 Å². The highest BCUT2D eigenvalue weighted by atomic mass is 35.5. The molecule has 0 bridgehead atoms. The predicted octanol–water partition coefficient (Wildman–Crippen LogP) is 6.84. The topological polar surface area (TPSA) is 59.5 Å². The maximum Gasteiger partial charge on any atom is 0.257 e. The Morgan fingerprint density at radius 3 is 2.52 bits per heavy atom. The molecule has 1 unspecified atom stereocenters. The van der Waals surface area contributed by atoms with Crippen LogP contribution < -0.4 is 4.90 Å². The third-order valence-corrected chi connectivity index (χ3v) is 7.64. The summed E-state index contributed by atoms with van der Waals surface area (Å²) in [7, 11) is -2.85. The summed E-state index contributed by atoms with van der Waals surface area (Å²) in [6.07, 6.45) is 3.38. The summed E-state index contributed by atoms with van der Waals surface area (Å²) >= 11 is 14.3. The fourth-order valence-electron chi connectivity index (χ4n) is 4.09. The standard InChI is InChI=1S/C24H26Cl2N2O3S2/c1-3-12-28(24-27-22(15(2)32-24)20-11-10-19(25)13-21(20)26)23(18-8-9-18)17-6-4-16(5-7-17)14-31-33(29)30/h4-7,10-11,13,18,23,33H,3,8-9,12,14H2,1-2H3. The Labute approximate surface area is 210 Å². The number of anilines is 1. The molecule has 9 heteroatoms. The fraction of sp³-hybridized carbons (Fsp3) is 0.375. The number of benzene rings is 2. The number of aryl methyl sites for hydroxylation is 1. The van der Waals surface area contributed by atoms with Crippen molar-refractivity contribution in [3.63, 3.8) is 0 Å². The monoisotopic (exact) mass is 524 g/mol. The zero-order valence-corrected chi connectivity index (χ0v) is 21.7. The maximum atomic E-state index is 10.7. The summed E-state index contributed by atoms with van der Waals surface area (Å²) in [6.45, 7) is 5.21. The molecule has 2 aromatic carbocycles. The Hall–Kier alpha value is -1.64. The van der Waals surface area contributed by atoms with Crippen LogP contribution in [0.15, 0.2) is 42.5 Å². The van der Waals surface area contributed by atoms with Crippen molar-refractivity contribution >= 4 is 50.7 Å². The van der Waals surface area contributed by atoms with Gasteiger partial charge in [0, 0.05) is 22.0 Å². The molecule has 4 rings (SSSR count). The molecule has 0 N–H and O–H groups in total. The summed E-state index contributed by atoms with van der Waals surface area (Å²) in [5.74, 6) is 0.571. The van der Waals surface area contributed by atoms with Crippen LogP contribution in [-0.4, -0.2) is 19.9 Å². The van der Waals surface area contributed by atoms with Crippen LogP contribution in [0.2, 0.25) is 10.0 Å². The van der Waals surface area contributed by atoms with Crippen molar-refractivity contribution in [3.05, 3.63) is 68.5 Å². The van der Waals surface area contributed by atoms with Gasteiger partial charge in [-0.05, 0) is 61.4 Å². The maximum absolute atomic E-state index is 10.7. The first kappa shape index (κ1) is 24.5. The van der Waals surface area contributed by atoms with Crippen LogP contribution in [0.4, 0.5) is 5.13 Å². The molecule has 1 saturated carbocycles. The lowest BCUT2D eigenvalue weighted by atomic mass is 9.99. The summed E-state index contributed by atoms with van der Waals surface area (Å²) < 4.78 is 26.2. The molecular weight excluding hydrogens is 499 g/mol. The third kappa shape index (κ3) is 5.89. The average molecular weight is 526 g/mol. The van der Waals surface area contributed by atoms with Gasteiger partial charge in [-0.2, -0.15) is 0 Å². The summed E-state index contributed by atoms with van der Waals surface area (Å²) in [5, 5.41) is 2.19. The number of hydrogen-bond acceptors (Lipinski definition) is 6. The Bertz CT molecular complexity index is 1180. The van der Waals surface area contributed by atoms with E-state index in [1.54, 1.807) is 17.4 Å². The van der Waals surface area contributed by atoms with Crippen LogP contribution in [0.5, 0.6) is 0 Å². The van der Waals surface area contributed by atoms with Gasteiger partial charge in [-0.15, -0.1) is 11.3 Å². The lowest BCUT2D eigenvalue weighted by Crippen LogP contribution is -2.31. The summed E-state index contributed by atoms with van der Waals surface area (Å²) in [6, 6.07) is 13.8. The number of aromatic nitrogens is 1. The summed E-state index contributed by atoms with van der Waals surface area (Å²) in [4.78, 5) is 8.58. The summed E-state index contributed by atoms with van der Waals surface area (Å²) in [5.41, 5.74) is 3.83. The van der Waals surface area contributed by atoms with Gasteiger partial charge in [-0.25, -0.2) is 13.4 Å². The van der Waals surface area contributed by atoms with E-state index in [-0.39, 0.29) is 12.6 Å². The fourth-order valence-corrected chi connectivity index (χ4v) is 5.83. The lowest BCUT2D eigenvalue weighted by molar-refractivity contribution is 0.323. The van der Waals surface area contributed by atoms with Crippen molar-refractivity contribution in [1.82, 2.24) is 4.98 Å². The molecule has 1 aromatic heterocycles. The molecule has 0 amide bonds. The Morgan fingerprint density at radius 1 is 1.18 bits per heavy atom. The first-order chi connectivity index (χ1) is 15.9. The van der Waals surface area contributed by atoms with Crippen molar-refractivity contribution in [3.8, 4) is 11.3 Å². The van der Waals surface area contributed by atoms with Gasteiger partial charge in [0.1, 0.15) is 0 Å². The molecule has 1 aliphatic carbocycles. The van der Waals surface area contributed by atoms with Gasteiger partial charge < -0.3 is 4.90 Å². The number of halogens is 2. The Kier molecular flexibility index (Phi) is 7.97. The van der Waals surface area contributed by atoms with E-state index >= 15 is 0 Å². The van der Waals surface area contributed by atoms with E-state index in [1.165, 1.54) is 18.4 Å². The largest absolute Gasteiger partial charge is 0.341 e. The van der Waals surface area contributed by atoms with Gasteiger partial charge in [0.05, 0.1) is 23.4 Å². The highest BCUT2D eigenvalue weighted by Gasteiger charge is 2.37. The van der Waals surface area contributed by atoms with E-state index in [1.807, 2.05) is 24.3 Å². The molecule has 0 saturated heterocycles. The van der Waals surface area contributed by atoms with Crippen molar-refractivity contribution in [2.24, 2.45) is 5.92 Å². The molecule has 0 radical (unpaired) electrons. The van der Waals surface area contributed by atoms with Gasteiger partial charge >= 0.3 is 0 Å². The molecule has 0 aliphatic heterocycles. The number of hydrogen-bond donors (Lipinski definition) is 1. The normalized spacial score (nSPS) is 14.6. The zero-order valence-electron chi connectivity index (χ0n) is 18.5. The van der Waals surface area contributed by atoms with Gasteiger partial charge in [0.15, 0.2) is 5.13 Å². The van der Waals surface area contributed by atoms with Gasteiger partial charge in [0.25, 0.3) is 11.0 Å². The average Bonchev–Trinajstić information content (AvgIpc) is 3.54. The minimum atomic E-state index is -2.85. The number of rotatable bonds is 10. The van der Waals surface area contributed by atoms with Crippen molar-refractivity contribution in [1.29, 1.82) is 0 Å². The molecule has 1 aliphatic rings. The molecule has 1 atom stereocenters. The second-order valence-corrected chi connectivity index (χ2v) is 11.0. The lowest BCUT2D eigenvalue weighted by Gasteiger charge is -2.32. The molecule has 1 fully saturated rings. The van der Waals surface area contributed by atoms with E-state index in [0.717, 1.165) is 39.8 Å². The van der Waals surface area contributed by atoms with Crippen LogP contribution in [-0.2, 0) is 21.8 Å². The van der Waals surface area contributed by atoms with E-state index in [4.69, 9.17) is 32.4 Å². The second kappa shape index (κ2) is 10.7. The van der Waals surface area contributed by atoms with Crippen molar-refractivity contribution < 1.29 is 12.6 Å². The van der Waals surface area contributed by atoms with E-state index in [9.17, 15) is 8.42 Å². The molecule has 5 nitrogen and oxygen atoms in total. The Morgan fingerprint density at radius 2 is 1.91 bits per heavy atom. The zero-order chi connectivity index (χ0) is 23.5. The van der Waals surface area contributed by atoms with Crippen molar-refractivity contribution in [2.45, 2.75) is 45.8 Å². The quantitative estimate of drug-likeness (QED) is 0.294. The molecule has 3 aromatic rings. The van der Waals surface area contributed by atoms with E-state index < -0.39 is 11.0 Å². The van der Waals surface area contributed by atoms with Crippen LogP contribution in [0.1, 0.15) is 48.2 Å². The van der Waals surface area contributed by atoms with Crippen LogP contribution >= 0.6 is 34.5 Å². The minimum absolute atomic E-state index is 0.0582. The molecule has 33 heavy (non-hydrogen) atoms. The van der Waals surface area contributed by atoms with Crippen LogP contribution in [0.25, 0.3) is 11.3 Å². The highest BCUT2D eigenvalue weighted by Crippen LogP contribution is 2.48. The first-order valence-electron chi connectivity index (χ1n) is 10.9. The SMILES string of the molecule is CCCN(c1nc(-c2ccc(Cl)cc2Cl)c(C)s1)C(c1ccc(CO[SH](=O)=O)cc1)C1CC1. The van der Waals surface area contributed by atoms with Crippen molar-refractivity contribution in [2.75, 3.05) is 11.4 Å². The molecular formula is C24H26Cl2N2O3S2. The molecule has 176 valence electrons. The molecule has 0 spiro atoms. The second-order valence-electron chi connectivity index (χ2n) is 8.24. The van der Waals surface area contributed by atoms with Gasteiger partial charge in [-0.3, -0.25) is 4.18 Å². The minimum Gasteiger partial charge on any atom is -0.341 e. The third-order valence-electron chi connectivity index (χ3n) is 5.74. The highest BCUT2D eigenvalue weighted by molar-refractivity contribution is 7.67. The van der Waals surface area contributed by atoms with E-state index in [0.29, 0.717) is 16.0 Å². The number of thiazole rings is 1. The van der Waals surface area contributed by atoms with Crippen LogP contribution in [0.3, 0.4) is 0 Å². The van der Waals surface area contributed by atoms with Gasteiger partial charge in [0.2, 0.25) is 0 Å². The Balaban J connectivity index is 1.66. The van der Waals surface area contributed by atoms with E-state index in [2.05, 4.69) is 30.9 Å². The molecule has 1 heterocycles. The first-order valence-corrected chi connectivity index (χ1v) is 13.6. The predicted molar refractivity (Wildman–Crippen MR) is 137 cm³/mol. The van der Waals surface area contributed by atoms with Gasteiger partial charge in [-0.1, -0.05) is 54.4 Å². The smallest absolute Gasteiger partial charge is 0.257 e.